The first kappa shape index (κ1) is 18.9. The number of methoxy groups -OCH3 is 1. The lowest BCUT2D eigenvalue weighted by Gasteiger charge is -2.25. The van der Waals surface area contributed by atoms with Gasteiger partial charge in [-0.1, -0.05) is 31.5 Å². The van der Waals surface area contributed by atoms with Gasteiger partial charge in [-0.2, -0.15) is 4.31 Å². The molecule has 0 saturated carbocycles. The van der Waals surface area contributed by atoms with Crippen molar-refractivity contribution >= 4 is 16.0 Å². The van der Waals surface area contributed by atoms with Crippen LogP contribution in [0.25, 0.3) is 0 Å². The van der Waals surface area contributed by atoms with Gasteiger partial charge < -0.3 is 4.74 Å². The quantitative estimate of drug-likeness (QED) is 0.781. The first-order valence-electron chi connectivity index (χ1n) is 8.14. The fourth-order valence-corrected chi connectivity index (χ4v) is 6.00. The number of benzene rings is 1. The van der Waals surface area contributed by atoms with E-state index in [0.717, 1.165) is 16.7 Å². The molecule has 0 aromatic heterocycles. The molecule has 1 aliphatic heterocycles. The Morgan fingerprint density at radius 1 is 1.25 bits per heavy atom. The summed E-state index contributed by atoms with van der Waals surface area (Å²) in [5.41, 5.74) is 2.36. The molecular formula is C18H27NO4S. The van der Waals surface area contributed by atoms with Crippen LogP contribution < -0.4 is 0 Å². The molecule has 0 N–H and O–H groups in total. The lowest BCUT2D eigenvalue weighted by molar-refractivity contribution is -0.141. The first-order chi connectivity index (χ1) is 11.0. The zero-order valence-electron chi connectivity index (χ0n) is 15.3. The first-order valence-corrected chi connectivity index (χ1v) is 9.58. The van der Waals surface area contributed by atoms with Crippen molar-refractivity contribution in [3.8, 4) is 0 Å². The van der Waals surface area contributed by atoms with Gasteiger partial charge in [0.15, 0.2) is 0 Å². The number of carbonyl (C=O) groups excluding carboxylic acids is 1. The molecule has 1 aromatic rings. The van der Waals surface area contributed by atoms with Crippen LogP contribution in [0.1, 0.15) is 43.4 Å². The predicted octanol–water partition coefficient (Wildman–Crippen LogP) is 2.96. The van der Waals surface area contributed by atoms with Crippen molar-refractivity contribution < 1.29 is 17.9 Å². The number of aryl methyl sites for hydroxylation is 3. The van der Waals surface area contributed by atoms with Crippen LogP contribution in [-0.4, -0.2) is 38.4 Å². The number of hydrogen-bond donors (Lipinski definition) is 0. The summed E-state index contributed by atoms with van der Waals surface area (Å²) >= 11 is 0. The molecule has 0 bridgehead atoms. The number of sulfonamides is 1. The fourth-order valence-electron chi connectivity index (χ4n) is 3.78. The monoisotopic (exact) mass is 353 g/mol. The maximum absolute atomic E-state index is 13.3. The van der Waals surface area contributed by atoms with E-state index in [4.69, 9.17) is 4.74 Å². The molecular weight excluding hydrogens is 326 g/mol. The van der Waals surface area contributed by atoms with E-state index in [1.807, 2.05) is 46.8 Å². The maximum Gasteiger partial charge on any atom is 0.307 e. The molecule has 0 spiro atoms. The number of rotatable bonds is 4. The van der Waals surface area contributed by atoms with Crippen LogP contribution in [0.5, 0.6) is 0 Å². The number of nitrogens with zero attached hydrogens (tertiary/aromatic N) is 1. The number of carbonyl (C=O) groups is 1. The van der Waals surface area contributed by atoms with Gasteiger partial charge in [-0.25, -0.2) is 8.42 Å². The second-order valence-electron chi connectivity index (χ2n) is 7.58. The second-order valence-corrected chi connectivity index (χ2v) is 9.41. The van der Waals surface area contributed by atoms with E-state index in [-0.39, 0.29) is 23.8 Å². The van der Waals surface area contributed by atoms with Crippen molar-refractivity contribution in [2.24, 2.45) is 5.41 Å². The molecule has 1 heterocycles. The molecule has 1 saturated heterocycles. The molecule has 2 rings (SSSR count). The topological polar surface area (TPSA) is 63.7 Å². The lowest BCUT2D eigenvalue weighted by atomic mass is 9.90. The smallest absolute Gasteiger partial charge is 0.307 e. The molecule has 6 heteroatoms. The molecule has 0 amide bonds. The molecule has 134 valence electrons. The van der Waals surface area contributed by atoms with Crippen molar-refractivity contribution in [1.82, 2.24) is 4.31 Å². The van der Waals surface area contributed by atoms with E-state index >= 15 is 0 Å². The van der Waals surface area contributed by atoms with E-state index in [1.165, 1.54) is 11.4 Å². The van der Waals surface area contributed by atoms with E-state index in [0.29, 0.717) is 17.9 Å². The van der Waals surface area contributed by atoms with Crippen molar-refractivity contribution in [2.75, 3.05) is 13.7 Å². The second kappa shape index (κ2) is 6.48. The zero-order valence-corrected chi connectivity index (χ0v) is 16.2. The average Bonchev–Trinajstić information content (AvgIpc) is 2.72. The van der Waals surface area contributed by atoms with Crippen LogP contribution in [0.4, 0.5) is 0 Å². The Morgan fingerprint density at radius 2 is 1.79 bits per heavy atom. The standard InChI is InChI=1S/C18H27NO4S/c1-12-7-13(2)17(14(3)8-12)24(21,22)19-11-18(4,5)10-15(19)9-16(20)23-6/h7-8,15H,9-11H2,1-6H3. The zero-order chi connectivity index (χ0) is 18.3. The van der Waals surface area contributed by atoms with Gasteiger partial charge in [-0.3, -0.25) is 4.79 Å². The van der Waals surface area contributed by atoms with Crippen LogP contribution in [-0.2, 0) is 19.6 Å². The Kier molecular flexibility index (Phi) is 5.11. The summed E-state index contributed by atoms with van der Waals surface area (Å²) in [5, 5.41) is 0. The number of ether oxygens (including phenoxy) is 1. The minimum Gasteiger partial charge on any atom is -0.469 e. The van der Waals surface area contributed by atoms with E-state index in [9.17, 15) is 13.2 Å². The van der Waals surface area contributed by atoms with Crippen molar-refractivity contribution in [3.63, 3.8) is 0 Å². The van der Waals surface area contributed by atoms with Gasteiger partial charge in [0.05, 0.1) is 18.4 Å². The number of esters is 1. The third-order valence-electron chi connectivity index (χ3n) is 4.58. The highest BCUT2D eigenvalue weighted by Crippen LogP contribution is 2.40. The van der Waals surface area contributed by atoms with Crippen LogP contribution in [0.3, 0.4) is 0 Å². The molecule has 1 aliphatic rings. The summed E-state index contributed by atoms with van der Waals surface area (Å²) in [7, 11) is -2.34. The van der Waals surface area contributed by atoms with Crippen LogP contribution in [0.2, 0.25) is 0 Å². The molecule has 24 heavy (non-hydrogen) atoms. The lowest BCUT2D eigenvalue weighted by Crippen LogP contribution is -2.38. The molecule has 1 atom stereocenters. The minimum atomic E-state index is -3.67. The predicted molar refractivity (Wildman–Crippen MR) is 93.4 cm³/mol. The van der Waals surface area contributed by atoms with Crippen molar-refractivity contribution in [1.29, 1.82) is 0 Å². The summed E-state index contributed by atoms with van der Waals surface area (Å²) in [6, 6.07) is 3.41. The van der Waals surface area contributed by atoms with Crippen molar-refractivity contribution in [3.05, 3.63) is 28.8 Å². The highest BCUT2D eigenvalue weighted by atomic mass is 32.2. The molecule has 0 radical (unpaired) electrons. The number of hydrogen-bond acceptors (Lipinski definition) is 4. The Balaban J connectivity index is 2.48. The van der Waals surface area contributed by atoms with E-state index < -0.39 is 10.0 Å². The highest BCUT2D eigenvalue weighted by Gasteiger charge is 2.45. The normalized spacial score (nSPS) is 21.0. The molecule has 1 fully saturated rings. The molecule has 0 aliphatic carbocycles. The van der Waals surface area contributed by atoms with Crippen LogP contribution in [0, 0.1) is 26.2 Å². The summed E-state index contributed by atoms with van der Waals surface area (Å²) in [5.74, 6) is -0.379. The summed E-state index contributed by atoms with van der Waals surface area (Å²) < 4.78 is 32.9. The van der Waals surface area contributed by atoms with Gasteiger partial charge in [0.1, 0.15) is 0 Å². The van der Waals surface area contributed by atoms with Crippen molar-refractivity contribution in [2.45, 2.75) is 58.4 Å². The average molecular weight is 353 g/mol. The minimum absolute atomic E-state index is 0.0864. The Hall–Kier alpha value is -1.40. The van der Waals surface area contributed by atoms with E-state index in [2.05, 4.69) is 0 Å². The summed E-state index contributed by atoms with van der Waals surface area (Å²) in [4.78, 5) is 12.1. The van der Waals surface area contributed by atoms with Gasteiger partial charge in [0.2, 0.25) is 10.0 Å². The van der Waals surface area contributed by atoms with Crippen LogP contribution >= 0.6 is 0 Å². The highest BCUT2D eigenvalue weighted by molar-refractivity contribution is 7.89. The molecule has 5 nitrogen and oxygen atoms in total. The Labute approximate surface area is 145 Å². The van der Waals surface area contributed by atoms with E-state index in [1.54, 1.807) is 0 Å². The fraction of sp³-hybridized carbons (Fsp3) is 0.611. The van der Waals surface area contributed by atoms with Gasteiger partial charge in [-0.05, 0) is 43.7 Å². The maximum atomic E-state index is 13.3. The molecule has 1 aromatic carbocycles. The largest absolute Gasteiger partial charge is 0.469 e. The summed E-state index contributed by atoms with van der Waals surface area (Å²) in [6.45, 7) is 10.1. The van der Waals surface area contributed by atoms with Crippen LogP contribution in [0.15, 0.2) is 17.0 Å². The van der Waals surface area contributed by atoms with Gasteiger partial charge in [-0.15, -0.1) is 0 Å². The van der Waals surface area contributed by atoms with Gasteiger partial charge in [0.25, 0.3) is 0 Å². The third kappa shape index (κ3) is 3.64. The SMILES string of the molecule is COC(=O)CC1CC(C)(C)CN1S(=O)(=O)c1c(C)cc(C)cc1C. The molecule has 1 unspecified atom stereocenters. The van der Waals surface area contributed by atoms with Gasteiger partial charge >= 0.3 is 5.97 Å². The van der Waals surface area contributed by atoms with Gasteiger partial charge in [0, 0.05) is 12.6 Å². The Bertz CT molecular complexity index is 729. The summed E-state index contributed by atoms with van der Waals surface area (Å²) in [6.07, 6.45) is 0.731. The Morgan fingerprint density at radius 3 is 2.29 bits per heavy atom. The third-order valence-corrected chi connectivity index (χ3v) is 6.79.